The predicted molar refractivity (Wildman–Crippen MR) is 114 cm³/mol. The third-order valence-electron chi connectivity index (χ3n) is 5.18. The van der Waals surface area contributed by atoms with E-state index in [0.717, 1.165) is 41.9 Å². The minimum atomic E-state index is 0.697. The zero-order valence-corrected chi connectivity index (χ0v) is 16.2. The summed E-state index contributed by atoms with van der Waals surface area (Å²) in [5.41, 5.74) is 3.47. The number of benzene rings is 1. The van der Waals surface area contributed by atoms with E-state index in [1.54, 1.807) is 18.7 Å². The molecule has 3 aromatic rings. The monoisotopic (exact) mass is 374 g/mol. The molecule has 0 unspecified atom stereocenters. The first-order valence-electron chi connectivity index (χ1n) is 9.83. The molecule has 1 aromatic carbocycles. The molecule has 0 spiro atoms. The molecule has 0 radical (unpaired) electrons. The topological polar surface area (TPSA) is 66.0 Å². The molecule has 4 rings (SSSR count). The fourth-order valence-corrected chi connectivity index (χ4v) is 3.39. The van der Waals surface area contributed by atoms with Gasteiger partial charge in [0.1, 0.15) is 18.0 Å². The molecule has 6 heteroatoms. The molecule has 1 saturated heterocycles. The summed E-state index contributed by atoms with van der Waals surface area (Å²) in [6.07, 6.45) is 7.70. The first-order valence-corrected chi connectivity index (χ1v) is 9.83. The Morgan fingerprint density at radius 3 is 2.43 bits per heavy atom. The van der Waals surface area contributed by atoms with Gasteiger partial charge >= 0.3 is 0 Å². The van der Waals surface area contributed by atoms with Gasteiger partial charge in [0.2, 0.25) is 0 Å². The summed E-state index contributed by atoms with van der Waals surface area (Å²) in [4.78, 5) is 15.1. The van der Waals surface area contributed by atoms with Crippen molar-refractivity contribution in [2.24, 2.45) is 5.92 Å². The number of anilines is 4. The lowest BCUT2D eigenvalue weighted by Crippen LogP contribution is -2.32. The number of piperidine rings is 1. The number of rotatable bonds is 6. The van der Waals surface area contributed by atoms with Crippen molar-refractivity contribution in [2.75, 3.05) is 28.6 Å². The van der Waals surface area contributed by atoms with Crippen LogP contribution in [0.1, 0.15) is 25.3 Å². The molecule has 0 bridgehead atoms. The van der Waals surface area contributed by atoms with E-state index in [4.69, 9.17) is 0 Å². The first kappa shape index (κ1) is 18.2. The van der Waals surface area contributed by atoms with Gasteiger partial charge in [-0.15, -0.1) is 0 Å². The van der Waals surface area contributed by atoms with Crippen LogP contribution in [0.5, 0.6) is 0 Å². The van der Waals surface area contributed by atoms with Gasteiger partial charge in [-0.1, -0.05) is 6.92 Å². The van der Waals surface area contributed by atoms with E-state index < -0.39 is 0 Å². The largest absolute Gasteiger partial charge is 0.372 e. The second-order valence-corrected chi connectivity index (χ2v) is 7.34. The van der Waals surface area contributed by atoms with Gasteiger partial charge in [-0.05, 0) is 60.7 Å². The van der Waals surface area contributed by atoms with Crippen LogP contribution in [0.4, 0.5) is 23.0 Å². The quantitative estimate of drug-likeness (QED) is 0.664. The lowest BCUT2D eigenvalue weighted by Gasteiger charge is -2.32. The van der Waals surface area contributed by atoms with Crippen LogP contribution >= 0.6 is 0 Å². The summed E-state index contributed by atoms with van der Waals surface area (Å²) >= 11 is 0. The molecule has 1 fully saturated rings. The highest BCUT2D eigenvalue weighted by atomic mass is 15.1. The Bertz CT molecular complexity index is 873. The third-order valence-corrected chi connectivity index (χ3v) is 5.18. The van der Waals surface area contributed by atoms with Gasteiger partial charge in [0.25, 0.3) is 0 Å². The van der Waals surface area contributed by atoms with E-state index in [-0.39, 0.29) is 0 Å². The Hall–Kier alpha value is -3.15. The number of nitrogens with zero attached hydrogens (tertiary/aromatic N) is 4. The molecular formula is C22H26N6. The van der Waals surface area contributed by atoms with Crippen LogP contribution in [-0.2, 0) is 6.54 Å². The second-order valence-electron chi connectivity index (χ2n) is 7.34. The van der Waals surface area contributed by atoms with Gasteiger partial charge in [-0.3, -0.25) is 4.98 Å². The molecule has 2 aromatic heterocycles. The van der Waals surface area contributed by atoms with Gasteiger partial charge in [0.15, 0.2) is 0 Å². The Labute approximate surface area is 166 Å². The van der Waals surface area contributed by atoms with Crippen LogP contribution in [0.3, 0.4) is 0 Å². The fourth-order valence-electron chi connectivity index (χ4n) is 3.39. The molecule has 6 nitrogen and oxygen atoms in total. The molecule has 0 aliphatic carbocycles. The average Bonchev–Trinajstić information content (AvgIpc) is 2.75. The van der Waals surface area contributed by atoms with E-state index in [9.17, 15) is 0 Å². The molecule has 0 amide bonds. The number of hydrogen-bond donors (Lipinski definition) is 2. The first-order chi connectivity index (χ1) is 13.8. The maximum atomic E-state index is 4.33. The highest BCUT2D eigenvalue weighted by molar-refractivity contribution is 5.62. The lowest BCUT2D eigenvalue weighted by atomic mass is 9.99. The summed E-state index contributed by atoms with van der Waals surface area (Å²) in [5, 5.41) is 6.68. The van der Waals surface area contributed by atoms with Crippen molar-refractivity contribution in [1.29, 1.82) is 0 Å². The van der Waals surface area contributed by atoms with Crippen molar-refractivity contribution in [2.45, 2.75) is 26.3 Å². The molecule has 1 aliphatic heterocycles. The van der Waals surface area contributed by atoms with Crippen molar-refractivity contribution in [3.63, 3.8) is 0 Å². The number of nitrogens with one attached hydrogen (secondary N) is 2. The molecule has 144 valence electrons. The highest BCUT2D eigenvalue weighted by Gasteiger charge is 2.15. The minimum Gasteiger partial charge on any atom is -0.372 e. The zero-order chi connectivity index (χ0) is 19.2. The second kappa shape index (κ2) is 8.69. The molecule has 28 heavy (non-hydrogen) atoms. The van der Waals surface area contributed by atoms with Crippen LogP contribution in [0, 0.1) is 5.92 Å². The van der Waals surface area contributed by atoms with Crippen LogP contribution in [0.25, 0.3) is 0 Å². The molecule has 2 N–H and O–H groups in total. The summed E-state index contributed by atoms with van der Waals surface area (Å²) in [6.45, 7) is 5.33. The summed E-state index contributed by atoms with van der Waals surface area (Å²) in [7, 11) is 0. The predicted octanol–water partition coefficient (Wildman–Crippen LogP) is 4.46. The van der Waals surface area contributed by atoms with Crippen molar-refractivity contribution in [1.82, 2.24) is 15.0 Å². The van der Waals surface area contributed by atoms with Crippen LogP contribution in [-0.4, -0.2) is 28.0 Å². The van der Waals surface area contributed by atoms with Crippen molar-refractivity contribution >= 4 is 23.0 Å². The highest BCUT2D eigenvalue weighted by Crippen LogP contribution is 2.25. The SMILES string of the molecule is CC1CCN(c2ccc(Nc3cc(NCc4ccncc4)ncn3)cc2)CC1. The summed E-state index contributed by atoms with van der Waals surface area (Å²) in [6, 6.07) is 14.5. The van der Waals surface area contributed by atoms with Crippen LogP contribution in [0.15, 0.2) is 61.2 Å². The standard InChI is InChI=1S/C22H26N6/c1-17-8-12-28(13-9-17)20-4-2-19(3-5-20)27-22-14-21(25-16-26-22)24-15-18-6-10-23-11-7-18/h2-7,10-11,14,16-17H,8-9,12-13,15H2,1H3,(H2,24,25,26,27). The van der Waals surface area contributed by atoms with Gasteiger partial charge in [0.05, 0.1) is 0 Å². The summed E-state index contributed by atoms with van der Waals surface area (Å²) < 4.78 is 0. The van der Waals surface area contributed by atoms with Crippen molar-refractivity contribution in [3.8, 4) is 0 Å². The average molecular weight is 374 g/mol. The number of aromatic nitrogens is 3. The van der Waals surface area contributed by atoms with E-state index in [0.29, 0.717) is 6.54 Å². The van der Waals surface area contributed by atoms with E-state index in [1.807, 2.05) is 18.2 Å². The van der Waals surface area contributed by atoms with Crippen molar-refractivity contribution < 1.29 is 0 Å². The van der Waals surface area contributed by atoms with E-state index in [2.05, 4.69) is 61.7 Å². The summed E-state index contributed by atoms with van der Waals surface area (Å²) in [5.74, 6) is 2.40. The maximum absolute atomic E-state index is 4.33. The smallest absolute Gasteiger partial charge is 0.135 e. The van der Waals surface area contributed by atoms with Crippen molar-refractivity contribution in [3.05, 3.63) is 66.7 Å². The van der Waals surface area contributed by atoms with E-state index >= 15 is 0 Å². The van der Waals surface area contributed by atoms with Gasteiger partial charge in [-0.25, -0.2) is 9.97 Å². The Kier molecular flexibility index (Phi) is 5.66. The zero-order valence-electron chi connectivity index (χ0n) is 16.2. The number of hydrogen-bond acceptors (Lipinski definition) is 6. The van der Waals surface area contributed by atoms with Gasteiger partial charge in [0, 0.05) is 49.5 Å². The normalized spacial score (nSPS) is 14.7. The minimum absolute atomic E-state index is 0.697. The van der Waals surface area contributed by atoms with Gasteiger partial charge < -0.3 is 15.5 Å². The molecule has 0 atom stereocenters. The lowest BCUT2D eigenvalue weighted by molar-refractivity contribution is 0.438. The molecule has 3 heterocycles. The van der Waals surface area contributed by atoms with Gasteiger partial charge in [-0.2, -0.15) is 0 Å². The maximum Gasteiger partial charge on any atom is 0.135 e. The fraction of sp³-hybridized carbons (Fsp3) is 0.318. The Morgan fingerprint density at radius 1 is 0.964 bits per heavy atom. The molecule has 1 aliphatic rings. The number of pyridine rings is 1. The molecule has 0 saturated carbocycles. The Balaban J connectivity index is 1.36. The molecular weight excluding hydrogens is 348 g/mol. The van der Waals surface area contributed by atoms with E-state index in [1.165, 1.54) is 18.5 Å². The Morgan fingerprint density at radius 2 is 1.68 bits per heavy atom. The van der Waals surface area contributed by atoms with Crippen LogP contribution in [0.2, 0.25) is 0 Å². The third kappa shape index (κ3) is 4.76. The van der Waals surface area contributed by atoms with Crippen LogP contribution < -0.4 is 15.5 Å².